The standard InChI is InChI=1S/C28H28N4OS/c1-20-4-10-23(11-5-20)31-17-30-18-32(24-12-6-21(2)7-13-24)27(26(16-29)28(30)34-19-31)22-8-14-25(33-3)15-9-22/h4-15,27H,17-19H2,1-3H3/t27-/m1/s1. The predicted molar refractivity (Wildman–Crippen MR) is 140 cm³/mol. The van der Waals surface area contributed by atoms with E-state index < -0.39 is 0 Å². The number of thioether (sulfide) groups is 1. The van der Waals surface area contributed by atoms with E-state index in [1.165, 1.54) is 16.8 Å². The van der Waals surface area contributed by atoms with Crippen LogP contribution in [0.5, 0.6) is 5.75 Å². The number of hydrogen-bond donors (Lipinski definition) is 0. The van der Waals surface area contributed by atoms with E-state index in [0.29, 0.717) is 6.67 Å². The maximum absolute atomic E-state index is 10.4. The summed E-state index contributed by atoms with van der Waals surface area (Å²) in [6.07, 6.45) is 0. The van der Waals surface area contributed by atoms with Crippen LogP contribution >= 0.6 is 11.8 Å². The Hall–Kier alpha value is -3.56. The number of anilines is 2. The number of nitrogens with zero attached hydrogens (tertiary/aromatic N) is 4. The van der Waals surface area contributed by atoms with Crippen molar-refractivity contribution in [3.8, 4) is 11.8 Å². The fourth-order valence-corrected chi connectivity index (χ4v) is 5.68. The molecule has 1 atom stereocenters. The fraction of sp³-hybridized carbons (Fsp3) is 0.250. The highest BCUT2D eigenvalue weighted by atomic mass is 32.2. The number of benzene rings is 3. The number of methoxy groups -OCH3 is 1. The molecule has 6 heteroatoms. The maximum Gasteiger partial charge on any atom is 0.118 e. The molecular weight excluding hydrogens is 440 g/mol. The molecule has 0 radical (unpaired) electrons. The molecule has 0 N–H and O–H groups in total. The largest absolute Gasteiger partial charge is 0.497 e. The van der Waals surface area contributed by atoms with Crippen LogP contribution in [0.15, 0.2) is 83.4 Å². The predicted octanol–water partition coefficient (Wildman–Crippen LogP) is 6.04. The van der Waals surface area contributed by atoms with E-state index >= 15 is 0 Å². The molecule has 2 heterocycles. The first-order valence-electron chi connectivity index (χ1n) is 11.4. The summed E-state index contributed by atoms with van der Waals surface area (Å²) in [7, 11) is 1.67. The van der Waals surface area contributed by atoms with Crippen molar-refractivity contribution in [1.29, 1.82) is 5.26 Å². The van der Waals surface area contributed by atoms with E-state index in [4.69, 9.17) is 4.74 Å². The first-order chi connectivity index (χ1) is 16.6. The number of fused-ring (bicyclic) bond motifs is 1. The number of nitriles is 1. The van der Waals surface area contributed by atoms with Crippen molar-refractivity contribution in [1.82, 2.24) is 4.90 Å². The van der Waals surface area contributed by atoms with E-state index in [1.54, 1.807) is 18.9 Å². The lowest BCUT2D eigenvalue weighted by Gasteiger charge is -2.48. The van der Waals surface area contributed by atoms with Crippen LogP contribution in [0.3, 0.4) is 0 Å². The third-order valence-electron chi connectivity index (χ3n) is 6.44. The zero-order chi connectivity index (χ0) is 23.7. The van der Waals surface area contributed by atoms with Crippen LogP contribution in [-0.4, -0.2) is 31.2 Å². The second-order valence-corrected chi connectivity index (χ2v) is 9.72. The Bertz CT molecular complexity index is 1230. The van der Waals surface area contributed by atoms with Crippen molar-refractivity contribution in [2.45, 2.75) is 19.9 Å². The molecule has 1 fully saturated rings. The van der Waals surface area contributed by atoms with E-state index in [0.717, 1.165) is 40.1 Å². The number of hydrogen-bond acceptors (Lipinski definition) is 6. The van der Waals surface area contributed by atoms with Gasteiger partial charge in [0, 0.05) is 11.4 Å². The third-order valence-corrected chi connectivity index (χ3v) is 7.63. The quantitative estimate of drug-likeness (QED) is 0.465. The molecule has 3 aromatic carbocycles. The zero-order valence-corrected chi connectivity index (χ0v) is 20.5. The van der Waals surface area contributed by atoms with E-state index in [2.05, 4.69) is 95.3 Å². The second-order valence-electron chi connectivity index (χ2n) is 8.78. The van der Waals surface area contributed by atoms with Gasteiger partial charge < -0.3 is 19.4 Å². The minimum absolute atomic E-state index is 0.150. The van der Waals surface area contributed by atoms with Crippen molar-refractivity contribution < 1.29 is 4.74 Å². The van der Waals surface area contributed by atoms with Gasteiger partial charge in [0.2, 0.25) is 0 Å². The molecule has 2 aliphatic heterocycles. The van der Waals surface area contributed by atoms with Crippen molar-refractivity contribution in [2.75, 3.05) is 36.1 Å². The molecule has 0 aromatic heterocycles. The lowest BCUT2D eigenvalue weighted by atomic mass is 9.96. The Morgan fingerprint density at radius 1 is 0.824 bits per heavy atom. The van der Waals surface area contributed by atoms with Gasteiger partial charge in [-0.3, -0.25) is 0 Å². The van der Waals surface area contributed by atoms with Gasteiger partial charge in [-0.15, -0.1) is 0 Å². The molecule has 2 aliphatic rings. The topological polar surface area (TPSA) is 42.7 Å². The molecular formula is C28H28N4OS. The molecule has 34 heavy (non-hydrogen) atoms. The summed E-state index contributed by atoms with van der Waals surface area (Å²) >= 11 is 1.75. The molecule has 0 aliphatic carbocycles. The molecule has 1 saturated heterocycles. The van der Waals surface area contributed by atoms with Gasteiger partial charge in [-0.1, -0.05) is 59.3 Å². The smallest absolute Gasteiger partial charge is 0.118 e. The molecule has 3 aromatic rings. The SMILES string of the molecule is COc1ccc([C@@H]2C(C#N)=C3SCN(c4ccc(C)cc4)CN3CN2c2ccc(C)cc2)cc1. The van der Waals surface area contributed by atoms with Crippen LogP contribution in [0.25, 0.3) is 0 Å². The second kappa shape index (κ2) is 9.36. The van der Waals surface area contributed by atoms with Crippen LogP contribution in [0.2, 0.25) is 0 Å². The van der Waals surface area contributed by atoms with Gasteiger partial charge in [-0.05, 0) is 55.8 Å². The highest BCUT2D eigenvalue weighted by Gasteiger charge is 2.38. The van der Waals surface area contributed by atoms with Crippen LogP contribution in [0, 0.1) is 25.2 Å². The molecule has 0 saturated carbocycles. The van der Waals surface area contributed by atoms with E-state index in [1.807, 2.05) is 12.1 Å². The Morgan fingerprint density at radius 3 is 2.03 bits per heavy atom. The van der Waals surface area contributed by atoms with E-state index in [9.17, 15) is 5.26 Å². The highest BCUT2D eigenvalue weighted by Crippen LogP contribution is 2.44. The molecule has 172 valence electrons. The molecule has 0 bridgehead atoms. The van der Waals surface area contributed by atoms with Gasteiger partial charge in [0.05, 0.1) is 43.0 Å². The first-order valence-corrected chi connectivity index (χ1v) is 12.4. The molecule has 0 spiro atoms. The Morgan fingerprint density at radius 2 is 1.44 bits per heavy atom. The van der Waals surface area contributed by atoms with Crippen molar-refractivity contribution in [2.24, 2.45) is 0 Å². The number of aryl methyl sites for hydroxylation is 2. The van der Waals surface area contributed by atoms with Crippen molar-refractivity contribution in [3.05, 3.63) is 100 Å². The summed E-state index contributed by atoms with van der Waals surface area (Å²) in [5.74, 6) is 1.63. The minimum Gasteiger partial charge on any atom is -0.497 e. The van der Waals surface area contributed by atoms with Crippen LogP contribution in [0.1, 0.15) is 22.7 Å². The van der Waals surface area contributed by atoms with Crippen LogP contribution in [-0.2, 0) is 0 Å². The molecule has 0 amide bonds. The first kappa shape index (κ1) is 22.2. The minimum atomic E-state index is -0.150. The summed E-state index contributed by atoms with van der Waals surface area (Å²) in [6, 6.07) is 27.8. The highest BCUT2D eigenvalue weighted by molar-refractivity contribution is 8.03. The molecule has 5 nitrogen and oxygen atoms in total. The van der Waals surface area contributed by atoms with Gasteiger partial charge >= 0.3 is 0 Å². The van der Waals surface area contributed by atoms with Crippen LogP contribution < -0.4 is 14.5 Å². The summed E-state index contributed by atoms with van der Waals surface area (Å²) in [4.78, 5) is 7.03. The van der Waals surface area contributed by atoms with Gasteiger partial charge in [0.25, 0.3) is 0 Å². The van der Waals surface area contributed by atoms with Gasteiger partial charge in [0.15, 0.2) is 0 Å². The zero-order valence-electron chi connectivity index (χ0n) is 19.7. The molecule has 0 unspecified atom stereocenters. The lowest BCUT2D eigenvalue weighted by molar-refractivity contribution is 0.326. The third kappa shape index (κ3) is 4.20. The monoisotopic (exact) mass is 468 g/mol. The Kier molecular flexibility index (Phi) is 6.12. The Labute approximate surface area is 205 Å². The summed E-state index contributed by atoms with van der Waals surface area (Å²) in [5, 5.41) is 11.5. The van der Waals surface area contributed by atoms with E-state index in [-0.39, 0.29) is 6.04 Å². The number of rotatable bonds is 4. The lowest BCUT2D eigenvalue weighted by Crippen LogP contribution is -2.51. The normalized spacial score (nSPS) is 17.9. The van der Waals surface area contributed by atoms with Crippen LogP contribution in [0.4, 0.5) is 11.4 Å². The van der Waals surface area contributed by atoms with Gasteiger partial charge in [-0.25, -0.2) is 0 Å². The van der Waals surface area contributed by atoms with Gasteiger partial charge in [-0.2, -0.15) is 5.26 Å². The average Bonchev–Trinajstić information content (AvgIpc) is 2.88. The summed E-state index contributed by atoms with van der Waals surface area (Å²) in [5.41, 5.74) is 6.67. The Balaban J connectivity index is 1.55. The van der Waals surface area contributed by atoms with Gasteiger partial charge in [0.1, 0.15) is 11.8 Å². The fourth-order valence-electron chi connectivity index (χ4n) is 4.56. The van der Waals surface area contributed by atoms with Crippen molar-refractivity contribution in [3.63, 3.8) is 0 Å². The summed E-state index contributed by atoms with van der Waals surface area (Å²) < 4.78 is 5.37. The number of ether oxygens (including phenoxy) is 1. The van der Waals surface area contributed by atoms with Crippen molar-refractivity contribution >= 4 is 23.1 Å². The summed E-state index contributed by atoms with van der Waals surface area (Å²) in [6.45, 7) is 5.66. The average molecular weight is 469 g/mol. The maximum atomic E-state index is 10.4. The molecule has 5 rings (SSSR count).